The highest BCUT2D eigenvalue weighted by atomic mass is 16.3. The maximum absolute atomic E-state index is 12.7. The molecule has 29 heavy (non-hydrogen) atoms. The number of furan rings is 1. The van der Waals surface area contributed by atoms with E-state index in [2.05, 4.69) is 5.32 Å². The van der Waals surface area contributed by atoms with Crippen molar-refractivity contribution in [1.82, 2.24) is 0 Å². The molecule has 142 valence electrons. The summed E-state index contributed by atoms with van der Waals surface area (Å²) in [6.07, 6.45) is 0.402. The van der Waals surface area contributed by atoms with Crippen LogP contribution < -0.4 is 10.2 Å². The Hall–Kier alpha value is -3.93. The number of rotatable bonds is 3. The molecule has 1 saturated heterocycles. The number of nitrogens with zero attached hydrogens (tertiary/aromatic N) is 1. The number of amides is 3. The van der Waals surface area contributed by atoms with Gasteiger partial charge in [0.15, 0.2) is 0 Å². The molecule has 0 saturated carbocycles. The molecule has 0 unspecified atom stereocenters. The number of nitrogens with one attached hydrogen (secondary N) is 1. The summed E-state index contributed by atoms with van der Waals surface area (Å²) < 4.78 is 5.86. The second-order valence-corrected chi connectivity index (χ2v) is 6.94. The van der Waals surface area contributed by atoms with Gasteiger partial charge in [-0.3, -0.25) is 19.3 Å². The van der Waals surface area contributed by atoms with Crippen LogP contribution in [0.5, 0.6) is 0 Å². The summed E-state index contributed by atoms with van der Waals surface area (Å²) >= 11 is 0. The molecule has 0 bridgehead atoms. The molecule has 0 aliphatic carbocycles. The van der Waals surface area contributed by atoms with Crippen molar-refractivity contribution in [3.63, 3.8) is 0 Å². The van der Waals surface area contributed by atoms with Gasteiger partial charge < -0.3 is 9.73 Å². The first-order valence-electron chi connectivity index (χ1n) is 9.29. The van der Waals surface area contributed by atoms with Crippen LogP contribution in [0.25, 0.3) is 21.9 Å². The van der Waals surface area contributed by atoms with Gasteiger partial charge in [-0.1, -0.05) is 24.3 Å². The Morgan fingerprint density at radius 1 is 0.828 bits per heavy atom. The van der Waals surface area contributed by atoms with Crippen molar-refractivity contribution < 1.29 is 18.8 Å². The predicted molar refractivity (Wildman–Crippen MR) is 110 cm³/mol. The first kappa shape index (κ1) is 17.2. The van der Waals surface area contributed by atoms with Gasteiger partial charge in [0, 0.05) is 40.9 Å². The van der Waals surface area contributed by atoms with Crippen molar-refractivity contribution in [2.75, 3.05) is 10.2 Å². The summed E-state index contributed by atoms with van der Waals surface area (Å²) in [6.45, 7) is 0. The Morgan fingerprint density at radius 2 is 1.59 bits per heavy atom. The van der Waals surface area contributed by atoms with Crippen molar-refractivity contribution >= 4 is 51.0 Å². The molecule has 6 nitrogen and oxygen atoms in total. The van der Waals surface area contributed by atoms with Crippen LogP contribution in [-0.4, -0.2) is 17.7 Å². The van der Waals surface area contributed by atoms with Gasteiger partial charge in [0.1, 0.15) is 11.2 Å². The van der Waals surface area contributed by atoms with Crippen LogP contribution in [-0.2, 0) is 9.59 Å². The molecule has 0 radical (unpaired) electrons. The summed E-state index contributed by atoms with van der Waals surface area (Å²) in [7, 11) is 0. The Bertz CT molecular complexity index is 1290. The van der Waals surface area contributed by atoms with Crippen LogP contribution >= 0.6 is 0 Å². The zero-order valence-corrected chi connectivity index (χ0v) is 15.3. The summed E-state index contributed by atoms with van der Waals surface area (Å²) in [6, 6.07) is 19.8. The fourth-order valence-corrected chi connectivity index (χ4v) is 3.66. The van der Waals surface area contributed by atoms with E-state index in [1.54, 1.807) is 30.3 Å². The lowest BCUT2D eigenvalue weighted by Gasteiger charge is -2.14. The van der Waals surface area contributed by atoms with E-state index < -0.39 is 0 Å². The van der Waals surface area contributed by atoms with E-state index in [1.807, 2.05) is 36.4 Å². The van der Waals surface area contributed by atoms with E-state index in [4.69, 9.17) is 4.42 Å². The fourth-order valence-electron chi connectivity index (χ4n) is 3.66. The standard InChI is InChI=1S/C23H16N2O4/c26-21-10-11-22(27)25(21)16-5-3-4-14(12-16)23(28)24-15-8-9-18-17-6-1-2-7-19(17)29-20(18)13-15/h1-9,12-13H,10-11H2,(H,24,28). The summed E-state index contributed by atoms with van der Waals surface area (Å²) in [4.78, 5) is 37.8. The minimum Gasteiger partial charge on any atom is -0.456 e. The van der Waals surface area contributed by atoms with Gasteiger partial charge in [-0.05, 0) is 36.4 Å². The average Bonchev–Trinajstić information content (AvgIpc) is 3.27. The van der Waals surface area contributed by atoms with Gasteiger partial charge in [-0.25, -0.2) is 0 Å². The molecule has 4 aromatic rings. The zero-order valence-electron chi connectivity index (χ0n) is 15.3. The van der Waals surface area contributed by atoms with Crippen molar-refractivity contribution in [2.45, 2.75) is 12.8 Å². The van der Waals surface area contributed by atoms with E-state index in [9.17, 15) is 14.4 Å². The van der Waals surface area contributed by atoms with Crippen molar-refractivity contribution in [3.05, 3.63) is 72.3 Å². The second-order valence-electron chi connectivity index (χ2n) is 6.94. The Kier molecular flexibility index (Phi) is 3.91. The first-order valence-corrected chi connectivity index (χ1v) is 9.29. The third kappa shape index (κ3) is 2.95. The molecule has 1 N–H and O–H groups in total. The molecular weight excluding hydrogens is 368 g/mol. The quantitative estimate of drug-likeness (QED) is 0.528. The van der Waals surface area contributed by atoms with E-state index in [1.165, 1.54) is 0 Å². The van der Waals surface area contributed by atoms with E-state index in [0.717, 1.165) is 21.3 Å². The van der Waals surface area contributed by atoms with Crippen molar-refractivity contribution in [2.24, 2.45) is 0 Å². The first-order chi connectivity index (χ1) is 14.1. The van der Waals surface area contributed by atoms with E-state index >= 15 is 0 Å². The van der Waals surface area contributed by atoms with Gasteiger partial charge in [0.25, 0.3) is 5.91 Å². The molecule has 0 spiro atoms. The number of hydrogen-bond acceptors (Lipinski definition) is 4. The number of fused-ring (bicyclic) bond motifs is 3. The number of benzene rings is 3. The van der Waals surface area contributed by atoms with E-state index in [-0.39, 0.29) is 30.6 Å². The maximum Gasteiger partial charge on any atom is 0.255 e. The Labute approximate surface area is 165 Å². The Morgan fingerprint density at radius 3 is 2.41 bits per heavy atom. The molecule has 6 heteroatoms. The minimum atomic E-state index is -0.332. The summed E-state index contributed by atoms with van der Waals surface area (Å²) in [5.74, 6) is -0.827. The number of carbonyl (C=O) groups excluding carboxylic acids is 3. The van der Waals surface area contributed by atoms with Crippen LogP contribution in [0.4, 0.5) is 11.4 Å². The van der Waals surface area contributed by atoms with Gasteiger partial charge >= 0.3 is 0 Å². The molecule has 5 rings (SSSR count). The van der Waals surface area contributed by atoms with Crippen molar-refractivity contribution in [1.29, 1.82) is 0 Å². The van der Waals surface area contributed by atoms with E-state index in [0.29, 0.717) is 22.5 Å². The zero-order chi connectivity index (χ0) is 20.0. The molecule has 1 fully saturated rings. The highest BCUT2D eigenvalue weighted by Crippen LogP contribution is 2.30. The lowest BCUT2D eigenvalue weighted by molar-refractivity contribution is -0.121. The summed E-state index contributed by atoms with van der Waals surface area (Å²) in [5.41, 5.74) is 2.85. The fraction of sp³-hybridized carbons (Fsp3) is 0.0870. The molecule has 3 amide bonds. The van der Waals surface area contributed by atoms with Gasteiger partial charge in [-0.2, -0.15) is 0 Å². The van der Waals surface area contributed by atoms with Gasteiger partial charge in [0.05, 0.1) is 5.69 Å². The topological polar surface area (TPSA) is 79.6 Å². The second kappa shape index (κ2) is 6.60. The smallest absolute Gasteiger partial charge is 0.255 e. The van der Waals surface area contributed by atoms with Crippen LogP contribution in [0, 0.1) is 0 Å². The third-order valence-electron chi connectivity index (χ3n) is 5.05. The number of anilines is 2. The number of imide groups is 1. The largest absolute Gasteiger partial charge is 0.456 e. The van der Waals surface area contributed by atoms with Crippen LogP contribution in [0.1, 0.15) is 23.2 Å². The highest BCUT2D eigenvalue weighted by Gasteiger charge is 2.30. The number of hydrogen-bond donors (Lipinski definition) is 1. The predicted octanol–water partition coefficient (Wildman–Crippen LogP) is 4.49. The minimum absolute atomic E-state index is 0.201. The van der Waals surface area contributed by atoms with Gasteiger partial charge in [0.2, 0.25) is 11.8 Å². The third-order valence-corrected chi connectivity index (χ3v) is 5.05. The van der Waals surface area contributed by atoms with Crippen LogP contribution in [0.3, 0.4) is 0 Å². The highest BCUT2D eigenvalue weighted by molar-refractivity contribution is 6.20. The van der Waals surface area contributed by atoms with Crippen molar-refractivity contribution in [3.8, 4) is 0 Å². The number of carbonyl (C=O) groups is 3. The molecule has 1 aromatic heterocycles. The molecule has 1 aliphatic rings. The normalized spacial score (nSPS) is 14.1. The lowest BCUT2D eigenvalue weighted by atomic mass is 10.1. The molecule has 0 atom stereocenters. The molecule has 1 aliphatic heterocycles. The molecular formula is C23H16N2O4. The monoisotopic (exact) mass is 384 g/mol. The summed E-state index contributed by atoms with van der Waals surface area (Å²) in [5, 5.41) is 4.85. The maximum atomic E-state index is 12.7. The Balaban J connectivity index is 1.43. The van der Waals surface area contributed by atoms with Gasteiger partial charge in [-0.15, -0.1) is 0 Å². The SMILES string of the molecule is O=C(Nc1ccc2c(c1)oc1ccccc12)c1cccc(N2C(=O)CCC2=O)c1. The molecule has 3 aromatic carbocycles. The molecule has 2 heterocycles. The van der Waals surface area contributed by atoms with Crippen LogP contribution in [0.15, 0.2) is 71.1 Å². The average molecular weight is 384 g/mol. The number of para-hydroxylation sites is 1. The van der Waals surface area contributed by atoms with Crippen LogP contribution in [0.2, 0.25) is 0 Å². The lowest BCUT2D eigenvalue weighted by Crippen LogP contribution is -2.28.